The first kappa shape index (κ1) is 9.71. The van der Waals surface area contributed by atoms with Gasteiger partial charge in [0.2, 0.25) is 0 Å². The fourth-order valence-corrected chi connectivity index (χ4v) is 1.15. The Balaban J connectivity index is 2.66. The molecule has 0 saturated heterocycles. The Morgan fingerprint density at radius 2 is 2.54 bits per heavy atom. The molecule has 70 valence electrons. The average molecular weight is 178 g/mol. The highest BCUT2D eigenvalue weighted by Gasteiger charge is 2.11. The van der Waals surface area contributed by atoms with Gasteiger partial charge in [0.1, 0.15) is 5.76 Å². The number of aromatic nitrogens is 1. The van der Waals surface area contributed by atoms with Crippen molar-refractivity contribution in [3.63, 3.8) is 0 Å². The molecule has 1 atom stereocenters. The first-order valence-corrected chi connectivity index (χ1v) is 4.31. The van der Waals surface area contributed by atoms with E-state index >= 15 is 0 Å². The molecule has 0 bridgehead atoms. The van der Waals surface area contributed by atoms with Crippen molar-refractivity contribution >= 4 is 6.21 Å². The molecule has 0 fully saturated rings. The highest BCUT2D eigenvalue weighted by Crippen LogP contribution is 2.19. The van der Waals surface area contributed by atoms with Crippen LogP contribution in [0, 0.1) is 12.3 Å². The highest BCUT2D eigenvalue weighted by molar-refractivity contribution is 5.63. The molecule has 0 aromatic carbocycles. The minimum atomic E-state index is 0.0409. The molecule has 1 heterocycles. The summed E-state index contributed by atoms with van der Waals surface area (Å²) >= 11 is 0. The minimum absolute atomic E-state index is 0.0409. The van der Waals surface area contributed by atoms with Gasteiger partial charge in [0.15, 0.2) is 5.89 Å². The van der Waals surface area contributed by atoms with E-state index in [2.05, 4.69) is 11.6 Å². The fraction of sp³-hybridized carbons (Fsp3) is 0.400. The third kappa shape index (κ3) is 2.54. The highest BCUT2D eigenvalue weighted by atomic mass is 16.4. The average Bonchev–Trinajstić information content (AvgIpc) is 2.54. The Labute approximate surface area is 78.0 Å². The third-order valence-corrected chi connectivity index (χ3v) is 1.89. The molecule has 3 heteroatoms. The number of hydrogen-bond acceptors (Lipinski definition) is 3. The van der Waals surface area contributed by atoms with E-state index in [1.54, 1.807) is 13.1 Å². The zero-order valence-corrected chi connectivity index (χ0v) is 7.79. The molecule has 0 amide bonds. The van der Waals surface area contributed by atoms with E-state index in [1.807, 2.05) is 6.08 Å². The van der Waals surface area contributed by atoms with Crippen LogP contribution in [0.1, 0.15) is 30.4 Å². The summed E-state index contributed by atoms with van der Waals surface area (Å²) in [4.78, 5) is 4.00. The molecule has 13 heavy (non-hydrogen) atoms. The van der Waals surface area contributed by atoms with Gasteiger partial charge in [0.25, 0.3) is 0 Å². The van der Waals surface area contributed by atoms with Gasteiger partial charge >= 0.3 is 0 Å². The normalized spacial score (nSPS) is 12.4. The predicted molar refractivity (Wildman–Crippen MR) is 52.2 cm³/mol. The molecule has 1 unspecified atom stereocenters. The van der Waals surface area contributed by atoms with Gasteiger partial charge < -0.3 is 9.83 Å². The summed E-state index contributed by atoms with van der Waals surface area (Å²) in [6, 6.07) is 0. The molecule has 3 nitrogen and oxygen atoms in total. The van der Waals surface area contributed by atoms with Gasteiger partial charge in [-0.25, -0.2) is 4.98 Å². The van der Waals surface area contributed by atoms with Crippen LogP contribution in [-0.2, 0) is 0 Å². The summed E-state index contributed by atoms with van der Waals surface area (Å²) in [5, 5.41) is 7.24. The maximum Gasteiger partial charge on any atom is 0.191 e. The number of oxazole rings is 1. The van der Waals surface area contributed by atoms with E-state index in [4.69, 9.17) is 9.83 Å². The predicted octanol–water partition coefficient (Wildman–Crippen LogP) is 2.68. The lowest BCUT2D eigenvalue weighted by Gasteiger charge is -2.04. The van der Waals surface area contributed by atoms with E-state index in [0.29, 0.717) is 5.89 Å². The molecule has 0 aliphatic heterocycles. The largest absolute Gasteiger partial charge is 0.445 e. The van der Waals surface area contributed by atoms with E-state index in [0.717, 1.165) is 18.6 Å². The van der Waals surface area contributed by atoms with E-state index in [-0.39, 0.29) is 5.92 Å². The van der Waals surface area contributed by atoms with Gasteiger partial charge in [-0.1, -0.05) is 6.08 Å². The van der Waals surface area contributed by atoms with Gasteiger partial charge in [-0.15, -0.1) is 6.58 Å². The van der Waals surface area contributed by atoms with Crippen molar-refractivity contribution < 1.29 is 4.42 Å². The van der Waals surface area contributed by atoms with Crippen LogP contribution in [0.5, 0.6) is 0 Å². The second-order valence-electron chi connectivity index (χ2n) is 2.92. The number of rotatable bonds is 5. The summed E-state index contributed by atoms with van der Waals surface area (Å²) in [7, 11) is 0. The van der Waals surface area contributed by atoms with Crippen molar-refractivity contribution in [2.75, 3.05) is 0 Å². The number of allylic oxidation sites excluding steroid dienone is 1. The number of aryl methyl sites for hydroxylation is 1. The van der Waals surface area contributed by atoms with Crippen LogP contribution < -0.4 is 0 Å². The molecule has 1 aromatic heterocycles. The Morgan fingerprint density at radius 1 is 1.77 bits per heavy atom. The standard InChI is InChI=1S/C10H14N2O/c1-3-4-5-9(6-11)10-7-12-8(2)13-10/h3,6-7,9,11H,1,4-5H2,2H3. The SMILES string of the molecule is C=CCCC(C=N)c1cnc(C)o1. The van der Waals surface area contributed by atoms with E-state index in [9.17, 15) is 0 Å². The molecular formula is C10H14N2O. The fourth-order valence-electron chi connectivity index (χ4n) is 1.15. The summed E-state index contributed by atoms with van der Waals surface area (Å²) in [5.41, 5.74) is 0. The van der Waals surface area contributed by atoms with Crippen molar-refractivity contribution in [1.29, 1.82) is 5.41 Å². The first-order valence-electron chi connectivity index (χ1n) is 4.31. The molecule has 1 N–H and O–H groups in total. The van der Waals surface area contributed by atoms with Crippen molar-refractivity contribution in [3.05, 3.63) is 30.5 Å². The van der Waals surface area contributed by atoms with Gasteiger partial charge in [-0.05, 0) is 12.8 Å². The molecule has 0 aliphatic rings. The lowest BCUT2D eigenvalue weighted by molar-refractivity contribution is 0.461. The topological polar surface area (TPSA) is 49.9 Å². The van der Waals surface area contributed by atoms with E-state index in [1.165, 1.54) is 6.21 Å². The summed E-state index contributed by atoms with van der Waals surface area (Å²) in [6.45, 7) is 5.45. The monoisotopic (exact) mass is 178 g/mol. The second-order valence-corrected chi connectivity index (χ2v) is 2.92. The smallest absolute Gasteiger partial charge is 0.191 e. The summed E-state index contributed by atoms with van der Waals surface area (Å²) in [6.07, 6.45) is 6.68. The molecule has 0 saturated carbocycles. The summed E-state index contributed by atoms with van der Waals surface area (Å²) in [5.74, 6) is 1.47. The van der Waals surface area contributed by atoms with Crippen LogP contribution in [0.3, 0.4) is 0 Å². The van der Waals surface area contributed by atoms with Crippen LogP contribution in [-0.4, -0.2) is 11.2 Å². The zero-order valence-electron chi connectivity index (χ0n) is 7.79. The number of nitrogens with zero attached hydrogens (tertiary/aromatic N) is 1. The van der Waals surface area contributed by atoms with Crippen molar-refractivity contribution in [2.24, 2.45) is 0 Å². The van der Waals surface area contributed by atoms with Gasteiger partial charge in [0.05, 0.1) is 12.1 Å². The minimum Gasteiger partial charge on any atom is -0.445 e. The zero-order chi connectivity index (χ0) is 9.68. The van der Waals surface area contributed by atoms with E-state index < -0.39 is 0 Å². The van der Waals surface area contributed by atoms with Gasteiger partial charge in [-0.2, -0.15) is 0 Å². The van der Waals surface area contributed by atoms with Crippen LogP contribution in [0.4, 0.5) is 0 Å². The first-order chi connectivity index (χ1) is 6.27. The maximum absolute atomic E-state index is 7.24. The summed E-state index contributed by atoms with van der Waals surface area (Å²) < 4.78 is 5.34. The van der Waals surface area contributed by atoms with Crippen molar-refractivity contribution in [1.82, 2.24) is 4.98 Å². The third-order valence-electron chi connectivity index (χ3n) is 1.89. The Kier molecular flexibility index (Phi) is 3.43. The van der Waals surface area contributed by atoms with Crippen molar-refractivity contribution in [3.8, 4) is 0 Å². The quantitative estimate of drug-likeness (QED) is 0.556. The molecule has 0 spiro atoms. The van der Waals surface area contributed by atoms with Crippen LogP contribution in [0.25, 0.3) is 0 Å². The second kappa shape index (κ2) is 4.60. The van der Waals surface area contributed by atoms with Gasteiger partial charge in [0, 0.05) is 13.1 Å². The lowest BCUT2D eigenvalue weighted by Crippen LogP contribution is -1.97. The van der Waals surface area contributed by atoms with Crippen LogP contribution in [0.15, 0.2) is 23.3 Å². The number of hydrogen-bond donors (Lipinski definition) is 1. The van der Waals surface area contributed by atoms with Crippen LogP contribution in [0.2, 0.25) is 0 Å². The lowest BCUT2D eigenvalue weighted by atomic mass is 10.0. The van der Waals surface area contributed by atoms with Crippen LogP contribution >= 0.6 is 0 Å². The Morgan fingerprint density at radius 3 is 3.00 bits per heavy atom. The molecule has 1 rings (SSSR count). The number of nitrogens with one attached hydrogen (secondary N) is 1. The molecule has 0 radical (unpaired) electrons. The Hall–Kier alpha value is -1.38. The van der Waals surface area contributed by atoms with Gasteiger partial charge in [-0.3, -0.25) is 0 Å². The maximum atomic E-state index is 7.24. The molecule has 1 aromatic rings. The Bertz CT molecular complexity index is 291. The van der Waals surface area contributed by atoms with Crippen molar-refractivity contribution in [2.45, 2.75) is 25.7 Å². The molecular weight excluding hydrogens is 164 g/mol. The molecule has 0 aliphatic carbocycles.